The van der Waals surface area contributed by atoms with E-state index in [1.807, 2.05) is 0 Å². The number of carbonyl (C=O) groups excluding carboxylic acids is 1. The lowest BCUT2D eigenvalue weighted by Gasteiger charge is -2.17. The zero-order chi connectivity index (χ0) is 20.5. The van der Waals surface area contributed by atoms with Crippen molar-refractivity contribution in [1.29, 1.82) is 0 Å². The fourth-order valence-electron chi connectivity index (χ4n) is 2.73. The molecule has 27 heavy (non-hydrogen) atoms. The van der Waals surface area contributed by atoms with Crippen molar-refractivity contribution in [3.05, 3.63) is 56.4 Å². The lowest BCUT2D eigenvalue weighted by Crippen LogP contribution is -2.41. The summed E-state index contributed by atoms with van der Waals surface area (Å²) >= 11 is 0. The molecule has 7 nitrogen and oxygen atoms in total. The van der Waals surface area contributed by atoms with Crippen molar-refractivity contribution in [3.8, 4) is 11.1 Å². The number of methoxy groups -OCH3 is 1. The molecule has 1 heterocycles. The van der Waals surface area contributed by atoms with Gasteiger partial charge in [0.05, 0.1) is 12.7 Å². The van der Waals surface area contributed by atoms with E-state index < -0.39 is 40.7 Å². The monoisotopic (exact) mass is 385 g/mol. The van der Waals surface area contributed by atoms with E-state index in [4.69, 9.17) is 5.73 Å². The number of nitrogens with zero attached hydrogens (tertiary/aromatic N) is 2. The van der Waals surface area contributed by atoms with Gasteiger partial charge in [0.2, 0.25) is 0 Å². The Hall–Kier alpha value is -2.88. The molecule has 0 bridgehead atoms. The van der Waals surface area contributed by atoms with Gasteiger partial charge in [-0.25, -0.2) is 4.79 Å². The highest BCUT2D eigenvalue weighted by Gasteiger charge is 2.39. The van der Waals surface area contributed by atoms with E-state index in [0.717, 1.165) is 14.1 Å². The molecule has 146 valence electrons. The number of esters is 1. The first-order chi connectivity index (χ1) is 12.5. The van der Waals surface area contributed by atoms with Gasteiger partial charge in [-0.2, -0.15) is 13.2 Å². The molecular formula is C17H18F3N3O4. The van der Waals surface area contributed by atoms with Gasteiger partial charge in [-0.15, -0.1) is 0 Å². The van der Waals surface area contributed by atoms with Crippen molar-refractivity contribution >= 4 is 5.97 Å². The van der Waals surface area contributed by atoms with Gasteiger partial charge in [0.25, 0.3) is 5.56 Å². The minimum absolute atomic E-state index is 0.00563. The maximum Gasteiger partial charge on any atom is 0.432 e. The molecule has 1 atom stereocenters. The Morgan fingerprint density at radius 3 is 2.19 bits per heavy atom. The van der Waals surface area contributed by atoms with Crippen molar-refractivity contribution in [2.45, 2.75) is 18.6 Å². The van der Waals surface area contributed by atoms with Gasteiger partial charge in [-0.05, 0) is 17.5 Å². The van der Waals surface area contributed by atoms with Gasteiger partial charge >= 0.3 is 17.8 Å². The quantitative estimate of drug-likeness (QED) is 0.786. The highest BCUT2D eigenvalue weighted by Crippen LogP contribution is 2.34. The number of aromatic nitrogens is 2. The van der Waals surface area contributed by atoms with Crippen molar-refractivity contribution in [1.82, 2.24) is 9.13 Å². The highest BCUT2D eigenvalue weighted by molar-refractivity contribution is 5.75. The van der Waals surface area contributed by atoms with Crippen LogP contribution in [0.1, 0.15) is 11.3 Å². The molecule has 1 aromatic carbocycles. The minimum Gasteiger partial charge on any atom is -0.468 e. The Morgan fingerprint density at radius 1 is 1.15 bits per heavy atom. The van der Waals surface area contributed by atoms with Gasteiger partial charge in [0.1, 0.15) is 11.7 Å². The molecule has 0 aliphatic carbocycles. The molecule has 0 saturated heterocycles. The van der Waals surface area contributed by atoms with Crippen LogP contribution in [0, 0.1) is 0 Å². The summed E-state index contributed by atoms with van der Waals surface area (Å²) in [5.41, 5.74) is 2.15. The molecule has 0 spiro atoms. The number of halogens is 3. The maximum absolute atomic E-state index is 13.5. The maximum atomic E-state index is 13.5. The zero-order valence-corrected chi connectivity index (χ0v) is 14.8. The van der Waals surface area contributed by atoms with E-state index in [2.05, 4.69) is 4.74 Å². The van der Waals surface area contributed by atoms with Gasteiger partial charge < -0.3 is 10.5 Å². The van der Waals surface area contributed by atoms with Crippen LogP contribution in [-0.4, -0.2) is 28.3 Å². The van der Waals surface area contributed by atoms with E-state index in [1.165, 1.54) is 31.4 Å². The summed E-state index contributed by atoms with van der Waals surface area (Å²) in [5, 5.41) is 0. The van der Waals surface area contributed by atoms with Crippen LogP contribution in [0.2, 0.25) is 0 Å². The molecule has 1 unspecified atom stereocenters. The number of rotatable bonds is 4. The number of benzene rings is 1. The number of hydrogen-bond donors (Lipinski definition) is 1. The van der Waals surface area contributed by atoms with E-state index in [9.17, 15) is 27.6 Å². The first-order valence-electron chi connectivity index (χ1n) is 7.79. The van der Waals surface area contributed by atoms with Crippen LogP contribution in [0.15, 0.2) is 33.9 Å². The van der Waals surface area contributed by atoms with Crippen LogP contribution in [-0.2, 0) is 36.2 Å². The molecule has 0 aliphatic heterocycles. The largest absolute Gasteiger partial charge is 0.468 e. The van der Waals surface area contributed by atoms with E-state index in [1.54, 1.807) is 0 Å². The summed E-state index contributed by atoms with van der Waals surface area (Å²) in [6.45, 7) is 0. The normalized spacial score (nSPS) is 12.7. The smallest absolute Gasteiger partial charge is 0.432 e. The molecular weight excluding hydrogens is 367 g/mol. The van der Waals surface area contributed by atoms with Crippen LogP contribution < -0.4 is 17.0 Å². The predicted molar refractivity (Wildman–Crippen MR) is 91.1 cm³/mol. The number of hydrogen-bond acceptors (Lipinski definition) is 5. The highest BCUT2D eigenvalue weighted by atomic mass is 19.4. The second-order valence-corrected chi connectivity index (χ2v) is 5.96. The molecule has 0 radical (unpaired) electrons. The molecule has 2 N–H and O–H groups in total. The van der Waals surface area contributed by atoms with Crippen molar-refractivity contribution < 1.29 is 22.7 Å². The van der Waals surface area contributed by atoms with Crippen LogP contribution in [0.4, 0.5) is 13.2 Å². The van der Waals surface area contributed by atoms with Crippen LogP contribution >= 0.6 is 0 Å². The molecule has 2 aromatic rings. The summed E-state index contributed by atoms with van der Waals surface area (Å²) in [4.78, 5) is 35.6. The Morgan fingerprint density at radius 2 is 1.70 bits per heavy atom. The Balaban J connectivity index is 2.58. The van der Waals surface area contributed by atoms with Crippen LogP contribution in [0.5, 0.6) is 0 Å². The minimum atomic E-state index is -4.90. The van der Waals surface area contributed by atoms with E-state index in [0.29, 0.717) is 14.7 Å². The van der Waals surface area contributed by atoms with E-state index >= 15 is 0 Å². The third-order valence-electron chi connectivity index (χ3n) is 4.14. The third kappa shape index (κ3) is 3.95. The molecule has 10 heteroatoms. The van der Waals surface area contributed by atoms with E-state index in [-0.39, 0.29) is 12.0 Å². The summed E-state index contributed by atoms with van der Waals surface area (Å²) in [6.07, 6.45) is -4.78. The topological polar surface area (TPSA) is 96.3 Å². The molecule has 0 aliphatic rings. The fourth-order valence-corrected chi connectivity index (χ4v) is 2.73. The molecule has 2 rings (SSSR count). The van der Waals surface area contributed by atoms with Gasteiger partial charge in [0, 0.05) is 14.1 Å². The first kappa shape index (κ1) is 20.4. The summed E-state index contributed by atoms with van der Waals surface area (Å²) in [5.74, 6) is -0.620. The van der Waals surface area contributed by atoms with Crippen molar-refractivity contribution in [3.63, 3.8) is 0 Å². The summed E-state index contributed by atoms with van der Waals surface area (Å²) < 4.78 is 46.0. The molecule has 0 saturated carbocycles. The molecule has 1 aromatic heterocycles. The van der Waals surface area contributed by atoms with Crippen molar-refractivity contribution in [2.24, 2.45) is 19.8 Å². The van der Waals surface area contributed by atoms with Crippen LogP contribution in [0.25, 0.3) is 11.1 Å². The summed E-state index contributed by atoms with van der Waals surface area (Å²) in [7, 11) is 3.26. The van der Waals surface area contributed by atoms with Gasteiger partial charge in [-0.3, -0.25) is 18.7 Å². The first-order valence-corrected chi connectivity index (χ1v) is 7.79. The standard InChI is InChI=1S/C17H18F3N3O4/c1-22-13(17(18,19)20)12(14(24)23(2)16(22)26)10-6-4-9(5-7-10)8-11(21)15(25)27-3/h4-7,11H,8,21H2,1-3H3. The average molecular weight is 385 g/mol. The van der Waals surface area contributed by atoms with Gasteiger partial charge in [-0.1, -0.05) is 24.3 Å². The Kier molecular flexibility index (Phi) is 5.59. The Labute approximate surface area is 151 Å². The predicted octanol–water partition coefficient (Wildman–Crippen LogP) is 0.813. The lowest BCUT2D eigenvalue weighted by molar-refractivity contribution is -0.143. The van der Waals surface area contributed by atoms with Crippen molar-refractivity contribution in [2.75, 3.05) is 7.11 Å². The average Bonchev–Trinajstić information content (AvgIpc) is 2.61. The second-order valence-electron chi connectivity index (χ2n) is 5.96. The fraction of sp³-hybridized carbons (Fsp3) is 0.353. The molecule has 0 amide bonds. The second kappa shape index (κ2) is 7.39. The SMILES string of the molecule is COC(=O)C(N)Cc1ccc(-c2c(C(F)(F)F)n(C)c(=O)n(C)c2=O)cc1. The molecule has 0 fully saturated rings. The van der Waals surface area contributed by atoms with Crippen LogP contribution in [0.3, 0.4) is 0 Å². The number of nitrogens with two attached hydrogens (primary N) is 1. The number of alkyl halides is 3. The number of carbonyl (C=O) groups is 1. The Bertz CT molecular complexity index is 975. The lowest BCUT2D eigenvalue weighted by atomic mass is 10.00. The summed E-state index contributed by atoms with van der Waals surface area (Å²) in [6, 6.07) is 4.63. The third-order valence-corrected chi connectivity index (χ3v) is 4.14. The number of ether oxygens (including phenoxy) is 1. The zero-order valence-electron chi connectivity index (χ0n) is 14.8. The van der Waals surface area contributed by atoms with Gasteiger partial charge in [0.15, 0.2) is 0 Å².